The van der Waals surface area contributed by atoms with E-state index in [4.69, 9.17) is 9.47 Å². The van der Waals surface area contributed by atoms with Crippen molar-refractivity contribution >= 4 is 11.6 Å². The van der Waals surface area contributed by atoms with Gasteiger partial charge in [-0.2, -0.15) is 0 Å². The van der Waals surface area contributed by atoms with E-state index in [1.807, 2.05) is 36.2 Å². The van der Waals surface area contributed by atoms with E-state index in [1.54, 1.807) is 0 Å². The number of amides is 1. The van der Waals surface area contributed by atoms with Gasteiger partial charge in [0.1, 0.15) is 12.7 Å². The Bertz CT molecular complexity index is 769. The van der Waals surface area contributed by atoms with Crippen LogP contribution in [0, 0.1) is 0 Å². The molecule has 144 valence electrons. The largest absolute Gasteiger partial charge is 0.486 e. The third-order valence-corrected chi connectivity index (χ3v) is 4.76. The van der Waals surface area contributed by atoms with E-state index in [0.29, 0.717) is 19.7 Å². The Balaban J connectivity index is 1.56. The van der Waals surface area contributed by atoms with Crippen molar-refractivity contribution in [3.8, 4) is 11.5 Å². The smallest absolute Gasteiger partial charge is 0.238 e. The van der Waals surface area contributed by atoms with Crippen molar-refractivity contribution in [1.82, 2.24) is 4.90 Å². The summed E-state index contributed by atoms with van der Waals surface area (Å²) in [6, 6.07) is 13.9. The number of carbonyl (C=O) groups excluding carboxylic acids is 1. The summed E-state index contributed by atoms with van der Waals surface area (Å²) in [5, 5.41) is 3.11. The molecule has 0 radical (unpaired) electrons. The van der Waals surface area contributed by atoms with Crippen molar-refractivity contribution in [2.45, 2.75) is 32.8 Å². The first-order chi connectivity index (χ1) is 13.1. The molecule has 27 heavy (non-hydrogen) atoms. The maximum Gasteiger partial charge on any atom is 0.238 e. The second-order valence-corrected chi connectivity index (χ2v) is 6.90. The van der Waals surface area contributed by atoms with Crippen LogP contribution in [0.4, 0.5) is 5.69 Å². The number of nitrogens with zero attached hydrogens (tertiary/aromatic N) is 1. The van der Waals surface area contributed by atoms with Crippen LogP contribution >= 0.6 is 0 Å². The first kappa shape index (κ1) is 19.2. The molecule has 0 aliphatic carbocycles. The van der Waals surface area contributed by atoms with E-state index in [1.165, 1.54) is 11.1 Å². The van der Waals surface area contributed by atoms with E-state index >= 15 is 0 Å². The van der Waals surface area contributed by atoms with E-state index in [2.05, 4.69) is 37.4 Å². The normalized spacial score (nSPS) is 15.6. The first-order valence-electron chi connectivity index (χ1n) is 9.58. The van der Waals surface area contributed by atoms with Gasteiger partial charge in [-0.3, -0.25) is 9.69 Å². The molecule has 0 spiro atoms. The SMILES string of the molecule is CCc1cccc(CC)c1NC(=O)CN(C)C[C@@H]1COc2ccccc2O1. The second-order valence-electron chi connectivity index (χ2n) is 6.90. The molecule has 2 aromatic rings. The molecule has 0 aromatic heterocycles. The highest BCUT2D eigenvalue weighted by Crippen LogP contribution is 2.31. The van der Waals surface area contributed by atoms with Gasteiger partial charge in [0, 0.05) is 12.2 Å². The molecule has 2 aromatic carbocycles. The fourth-order valence-corrected chi connectivity index (χ4v) is 3.39. The molecule has 1 amide bonds. The molecule has 1 aliphatic rings. The number of para-hydroxylation sites is 3. The number of ether oxygens (including phenoxy) is 2. The van der Waals surface area contributed by atoms with Gasteiger partial charge < -0.3 is 14.8 Å². The Morgan fingerprint density at radius 3 is 2.41 bits per heavy atom. The van der Waals surface area contributed by atoms with Gasteiger partial charge in [-0.25, -0.2) is 0 Å². The zero-order valence-electron chi connectivity index (χ0n) is 16.3. The topological polar surface area (TPSA) is 50.8 Å². The standard InChI is InChI=1S/C22H28N2O3/c1-4-16-9-8-10-17(5-2)22(16)23-21(25)14-24(3)13-18-15-26-19-11-6-7-12-20(19)27-18/h6-12,18H,4-5,13-15H2,1-3H3,(H,23,25)/t18-/m1/s1. The molecule has 1 aliphatic heterocycles. The van der Waals surface area contributed by atoms with Gasteiger partial charge >= 0.3 is 0 Å². The van der Waals surface area contributed by atoms with Gasteiger partial charge in [0.2, 0.25) is 5.91 Å². The van der Waals surface area contributed by atoms with Gasteiger partial charge in [-0.05, 0) is 43.1 Å². The molecule has 0 saturated carbocycles. The third-order valence-electron chi connectivity index (χ3n) is 4.76. The molecule has 0 saturated heterocycles. The molecule has 0 fully saturated rings. The number of likely N-dealkylation sites (N-methyl/N-ethyl adjacent to an activating group) is 1. The molecule has 1 atom stereocenters. The van der Waals surface area contributed by atoms with Gasteiger partial charge in [0.15, 0.2) is 11.5 Å². The van der Waals surface area contributed by atoms with Crippen molar-refractivity contribution in [2.24, 2.45) is 0 Å². The summed E-state index contributed by atoms with van der Waals surface area (Å²) < 4.78 is 11.7. The zero-order valence-corrected chi connectivity index (χ0v) is 16.3. The predicted octanol–water partition coefficient (Wildman–Crippen LogP) is 3.52. The Labute approximate surface area is 161 Å². The Kier molecular flexibility index (Phi) is 6.35. The molecular weight excluding hydrogens is 340 g/mol. The van der Waals surface area contributed by atoms with Crippen LogP contribution in [0.3, 0.4) is 0 Å². The molecule has 3 rings (SSSR count). The van der Waals surface area contributed by atoms with Crippen molar-refractivity contribution < 1.29 is 14.3 Å². The molecule has 5 heteroatoms. The summed E-state index contributed by atoms with van der Waals surface area (Å²) >= 11 is 0. The summed E-state index contributed by atoms with van der Waals surface area (Å²) in [5.74, 6) is 1.53. The van der Waals surface area contributed by atoms with Crippen LogP contribution in [0.25, 0.3) is 0 Å². The fraction of sp³-hybridized carbons (Fsp3) is 0.409. The lowest BCUT2D eigenvalue weighted by Gasteiger charge is -2.29. The summed E-state index contributed by atoms with van der Waals surface area (Å²) in [4.78, 5) is 14.5. The van der Waals surface area contributed by atoms with Gasteiger partial charge in [-0.15, -0.1) is 0 Å². The van der Waals surface area contributed by atoms with E-state index in [0.717, 1.165) is 30.0 Å². The number of aryl methyl sites for hydroxylation is 2. The number of benzene rings is 2. The fourth-order valence-electron chi connectivity index (χ4n) is 3.39. The van der Waals surface area contributed by atoms with E-state index in [-0.39, 0.29) is 12.0 Å². The van der Waals surface area contributed by atoms with Gasteiger partial charge in [0.05, 0.1) is 6.54 Å². The molecule has 1 heterocycles. The lowest BCUT2D eigenvalue weighted by Crippen LogP contribution is -2.42. The third kappa shape index (κ3) is 4.80. The minimum absolute atomic E-state index is 0.00905. The van der Waals surface area contributed by atoms with Crippen molar-refractivity contribution in [2.75, 3.05) is 32.1 Å². The number of fused-ring (bicyclic) bond motifs is 1. The number of hydrogen-bond donors (Lipinski definition) is 1. The average Bonchev–Trinajstić information content (AvgIpc) is 2.67. The summed E-state index contributed by atoms with van der Waals surface area (Å²) in [6.45, 7) is 5.63. The predicted molar refractivity (Wildman–Crippen MR) is 108 cm³/mol. The molecule has 0 bridgehead atoms. The van der Waals surface area contributed by atoms with Crippen LogP contribution in [-0.2, 0) is 17.6 Å². The van der Waals surface area contributed by atoms with Gasteiger partial charge in [-0.1, -0.05) is 44.2 Å². The minimum Gasteiger partial charge on any atom is -0.486 e. The zero-order chi connectivity index (χ0) is 19.2. The first-order valence-corrected chi connectivity index (χ1v) is 9.58. The van der Waals surface area contributed by atoms with Crippen LogP contribution in [-0.4, -0.2) is 43.7 Å². The number of nitrogens with one attached hydrogen (secondary N) is 1. The quantitative estimate of drug-likeness (QED) is 0.812. The summed E-state index contributed by atoms with van der Waals surface area (Å²) in [6.07, 6.45) is 1.70. The second kappa shape index (κ2) is 8.91. The summed E-state index contributed by atoms with van der Waals surface area (Å²) in [7, 11) is 1.93. The highest BCUT2D eigenvalue weighted by molar-refractivity contribution is 5.93. The molecule has 5 nitrogen and oxygen atoms in total. The number of hydrogen-bond acceptors (Lipinski definition) is 4. The lowest BCUT2D eigenvalue weighted by atomic mass is 10.0. The Morgan fingerprint density at radius 1 is 1.07 bits per heavy atom. The highest BCUT2D eigenvalue weighted by atomic mass is 16.6. The Morgan fingerprint density at radius 2 is 1.74 bits per heavy atom. The average molecular weight is 368 g/mol. The van der Waals surface area contributed by atoms with Gasteiger partial charge in [0.25, 0.3) is 0 Å². The number of anilines is 1. The maximum atomic E-state index is 12.6. The van der Waals surface area contributed by atoms with Crippen LogP contribution < -0.4 is 14.8 Å². The molecule has 1 N–H and O–H groups in total. The van der Waals surface area contributed by atoms with Crippen LogP contribution in [0.1, 0.15) is 25.0 Å². The molecule has 0 unspecified atom stereocenters. The highest BCUT2D eigenvalue weighted by Gasteiger charge is 2.22. The molecular formula is C22H28N2O3. The Hall–Kier alpha value is -2.53. The van der Waals surface area contributed by atoms with Crippen molar-refractivity contribution in [3.05, 3.63) is 53.6 Å². The lowest BCUT2D eigenvalue weighted by molar-refractivity contribution is -0.117. The van der Waals surface area contributed by atoms with Crippen LogP contribution in [0.15, 0.2) is 42.5 Å². The number of carbonyl (C=O) groups is 1. The van der Waals surface area contributed by atoms with E-state index in [9.17, 15) is 4.79 Å². The minimum atomic E-state index is -0.0909. The number of rotatable bonds is 7. The van der Waals surface area contributed by atoms with E-state index < -0.39 is 0 Å². The summed E-state index contributed by atoms with van der Waals surface area (Å²) in [5.41, 5.74) is 3.31. The maximum absolute atomic E-state index is 12.6. The monoisotopic (exact) mass is 368 g/mol. The van der Waals surface area contributed by atoms with Crippen molar-refractivity contribution in [3.63, 3.8) is 0 Å². The van der Waals surface area contributed by atoms with Crippen LogP contribution in [0.2, 0.25) is 0 Å². The van der Waals surface area contributed by atoms with Crippen LogP contribution in [0.5, 0.6) is 11.5 Å². The van der Waals surface area contributed by atoms with Crippen molar-refractivity contribution in [1.29, 1.82) is 0 Å².